The lowest BCUT2D eigenvalue weighted by Crippen LogP contribution is -2.44. The van der Waals surface area contributed by atoms with Crippen LogP contribution in [0.25, 0.3) is 10.9 Å². The number of hydrogen-bond donors (Lipinski definition) is 1. The van der Waals surface area contributed by atoms with Crippen LogP contribution in [0.3, 0.4) is 0 Å². The third-order valence-corrected chi connectivity index (χ3v) is 6.90. The Labute approximate surface area is 169 Å². The van der Waals surface area contributed by atoms with Crippen LogP contribution in [0.5, 0.6) is 5.75 Å². The van der Waals surface area contributed by atoms with Crippen molar-refractivity contribution < 1.29 is 17.9 Å². The molecule has 0 bridgehead atoms. The summed E-state index contributed by atoms with van der Waals surface area (Å²) in [6.45, 7) is 0.0819. The van der Waals surface area contributed by atoms with E-state index in [0.29, 0.717) is 11.3 Å². The average Bonchev–Trinajstić information content (AvgIpc) is 3.18. The van der Waals surface area contributed by atoms with Gasteiger partial charge in [0.15, 0.2) is 0 Å². The molecule has 1 saturated heterocycles. The Kier molecular flexibility index (Phi) is 5.21. The first kappa shape index (κ1) is 19.4. The summed E-state index contributed by atoms with van der Waals surface area (Å²) in [7, 11) is -2.47. The summed E-state index contributed by atoms with van der Waals surface area (Å²) in [4.78, 5) is 16.8. The van der Waals surface area contributed by atoms with Crippen molar-refractivity contribution in [2.24, 2.45) is 0 Å². The van der Waals surface area contributed by atoms with E-state index in [9.17, 15) is 13.2 Å². The van der Waals surface area contributed by atoms with Crippen LogP contribution < -0.4 is 10.1 Å². The van der Waals surface area contributed by atoms with E-state index in [0.717, 1.165) is 5.39 Å². The lowest BCUT2D eigenvalue weighted by Gasteiger charge is -2.22. The number of sulfonamides is 1. The highest BCUT2D eigenvalue weighted by Crippen LogP contribution is 2.31. The number of nitrogens with one attached hydrogen (secondary N) is 1. The molecule has 1 aromatic heterocycles. The van der Waals surface area contributed by atoms with Crippen LogP contribution in [0.1, 0.15) is 6.42 Å². The highest BCUT2D eigenvalue weighted by Gasteiger charge is 2.45. The third-order valence-electron chi connectivity index (χ3n) is 4.99. The Bertz CT molecular complexity index is 1130. The van der Waals surface area contributed by atoms with Gasteiger partial charge in [-0.2, -0.15) is 4.31 Å². The molecular weight excluding hydrogens is 390 g/mol. The molecule has 2 atom stereocenters. The summed E-state index contributed by atoms with van der Waals surface area (Å²) in [5, 5.41) is 3.29. The Balaban J connectivity index is 1.71. The first-order valence-corrected chi connectivity index (χ1v) is 10.7. The quantitative estimate of drug-likeness (QED) is 0.695. The second kappa shape index (κ2) is 7.81. The number of nitrogens with zero attached hydrogens (tertiary/aromatic N) is 2. The van der Waals surface area contributed by atoms with Crippen LogP contribution in [0.2, 0.25) is 0 Å². The number of hydrogen-bond acceptors (Lipinski definition) is 5. The van der Waals surface area contributed by atoms with Crippen molar-refractivity contribution >= 4 is 26.8 Å². The Morgan fingerprint density at radius 1 is 1.10 bits per heavy atom. The van der Waals surface area contributed by atoms with E-state index < -0.39 is 22.2 Å². The molecule has 29 heavy (non-hydrogen) atoms. The largest absolute Gasteiger partial charge is 0.489 e. The number of pyridine rings is 1. The van der Waals surface area contributed by atoms with Crippen molar-refractivity contribution in [3.8, 4) is 5.75 Å². The van der Waals surface area contributed by atoms with Gasteiger partial charge in [-0.1, -0.05) is 36.4 Å². The minimum atomic E-state index is -3.96. The summed E-state index contributed by atoms with van der Waals surface area (Å²) in [5.74, 6) is 0.278. The SMILES string of the molecule is CNC(=O)[C@@H]1C[C@H](Oc2ccccc2)CN1S(=O)(=O)c1cccc2cccnc12. The van der Waals surface area contributed by atoms with Gasteiger partial charge in [-0.25, -0.2) is 8.42 Å². The molecule has 7 nitrogen and oxygen atoms in total. The minimum absolute atomic E-state index is 0.0819. The molecule has 0 unspecified atom stereocenters. The molecule has 1 N–H and O–H groups in total. The maximum absolute atomic E-state index is 13.5. The van der Waals surface area contributed by atoms with Crippen molar-refractivity contribution in [2.45, 2.75) is 23.5 Å². The van der Waals surface area contributed by atoms with Crippen LogP contribution in [0, 0.1) is 0 Å². The molecule has 4 rings (SSSR count). The molecule has 0 radical (unpaired) electrons. The first-order valence-electron chi connectivity index (χ1n) is 9.29. The number of amides is 1. The predicted molar refractivity (Wildman–Crippen MR) is 109 cm³/mol. The third kappa shape index (κ3) is 3.68. The fourth-order valence-electron chi connectivity index (χ4n) is 3.63. The zero-order valence-electron chi connectivity index (χ0n) is 15.9. The lowest BCUT2D eigenvalue weighted by molar-refractivity contribution is -0.123. The van der Waals surface area contributed by atoms with Gasteiger partial charge in [0.25, 0.3) is 0 Å². The number of likely N-dealkylation sites (N-methyl/N-ethyl adjacent to an activating group) is 1. The van der Waals surface area contributed by atoms with Gasteiger partial charge in [0.1, 0.15) is 22.8 Å². The van der Waals surface area contributed by atoms with Crippen LogP contribution in [0.4, 0.5) is 0 Å². The molecule has 150 valence electrons. The second-order valence-corrected chi connectivity index (χ2v) is 8.68. The van der Waals surface area contributed by atoms with Gasteiger partial charge in [-0.3, -0.25) is 9.78 Å². The van der Waals surface area contributed by atoms with E-state index in [1.807, 2.05) is 30.3 Å². The molecule has 0 aliphatic carbocycles. The number of aromatic nitrogens is 1. The fourth-order valence-corrected chi connectivity index (χ4v) is 5.42. The zero-order chi connectivity index (χ0) is 20.4. The summed E-state index contributed by atoms with van der Waals surface area (Å²) < 4.78 is 34.2. The second-order valence-electron chi connectivity index (χ2n) is 6.82. The van der Waals surface area contributed by atoms with Crippen LogP contribution in [0.15, 0.2) is 71.8 Å². The number of carbonyl (C=O) groups excluding carboxylic acids is 1. The van der Waals surface area contributed by atoms with Crippen molar-refractivity contribution in [3.63, 3.8) is 0 Å². The number of fused-ring (bicyclic) bond motifs is 1. The molecule has 0 spiro atoms. The average molecular weight is 411 g/mol. The van der Waals surface area contributed by atoms with Gasteiger partial charge < -0.3 is 10.1 Å². The van der Waals surface area contributed by atoms with Gasteiger partial charge in [0.05, 0.1) is 12.1 Å². The van der Waals surface area contributed by atoms with Crippen molar-refractivity contribution in [2.75, 3.05) is 13.6 Å². The highest BCUT2D eigenvalue weighted by atomic mass is 32.2. The molecule has 1 aliphatic heterocycles. The van der Waals surface area contributed by atoms with E-state index in [1.165, 1.54) is 17.4 Å². The standard InChI is InChI=1S/C21H21N3O4S/c1-22-21(25)18-13-17(28-16-9-3-2-4-10-16)14-24(18)29(26,27)19-11-5-7-15-8-6-12-23-20(15)19/h2-12,17-18H,13-14H2,1H3,(H,22,25)/t17-,18-/m0/s1. The van der Waals surface area contributed by atoms with Crippen LogP contribution in [-0.4, -0.2) is 49.4 Å². The monoisotopic (exact) mass is 411 g/mol. The summed E-state index contributed by atoms with van der Waals surface area (Å²) in [6, 6.07) is 16.9. The topological polar surface area (TPSA) is 88.6 Å². The number of para-hydroxylation sites is 2. The molecule has 1 aliphatic rings. The maximum atomic E-state index is 13.5. The van der Waals surface area contributed by atoms with Crippen molar-refractivity contribution in [1.29, 1.82) is 0 Å². The van der Waals surface area contributed by atoms with Crippen molar-refractivity contribution in [3.05, 3.63) is 66.9 Å². The number of ether oxygens (including phenoxy) is 1. The molecule has 1 amide bonds. The van der Waals surface area contributed by atoms with Crippen LogP contribution >= 0.6 is 0 Å². The van der Waals surface area contributed by atoms with E-state index in [2.05, 4.69) is 10.3 Å². The molecule has 0 saturated carbocycles. The molecule has 2 aromatic carbocycles. The van der Waals surface area contributed by atoms with Gasteiger partial charge in [-0.05, 0) is 24.3 Å². The summed E-state index contributed by atoms with van der Waals surface area (Å²) in [6.07, 6.45) is 1.40. The Morgan fingerprint density at radius 3 is 2.62 bits per heavy atom. The van der Waals surface area contributed by atoms with Gasteiger partial charge >= 0.3 is 0 Å². The maximum Gasteiger partial charge on any atom is 0.246 e. The number of carbonyl (C=O) groups is 1. The highest BCUT2D eigenvalue weighted by molar-refractivity contribution is 7.89. The molecule has 3 aromatic rings. The predicted octanol–water partition coefficient (Wildman–Crippen LogP) is 2.19. The first-order chi connectivity index (χ1) is 14.0. The summed E-state index contributed by atoms with van der Waals surface area (Å²) >= 11 is 0. The Hall–Kier alpha value is -2.97. The van der Waals surface area contributed by atoms with Crippen molar-refractivity contribution in [1.82, 2.24) is 14.6 Å². The van der Waals surface area contributed by atoms with Crippen LogP contribution in [-0.2, 0) is 14.8 Å². The van der Waals surface area contributed by atoms with E-state index >= 15 is 0 Å². The zero-order valence-corrected chi connectivity index (χ0v) is 16.7. The molecule has 2 heterocycles. The molecule has 8 heteroatoms. The number of rotatable bonds is 5. The number of benzene rings is 2. The normalized spacial score (nSPS) is 19.9. The molecular formula is C21H21N3O4S. The summed E-state index contributed by atoms with van der Waals surface area (Å²) in [5.41, 5.74) is 0.387. The minimum Gasteiger partial charge on any atom is -0.489 e. The van der Waals surface area contributed by atoms with Gasteiger partial charge in [-0.15, -0.1) is 0 Å². The van der Waals surface area contributed by atoms with E-state index in [4.69, 9.17) is 4.74 Å². The lowest BCUT2D eigenvalue weighted by atomic mass is 10.2. The smallest absolute Gasteiger partial charge is 0.246 e. The fraction of sp³-hybridized carbons (Fsp3) is 0.238. The Morgan fingerprint density at radius 2 is 1.86 bits per heavy atom. The molecule has 1 fully saturated rings. The van der Waals surface area contributed by atoms with Gasteiger partial charge in [0, 0.05) is 25.1 Å². The van der Waals surface area contributed by atoms with Gasteiger partial charge in [0.2, 0.25) is 15.9 Å². The van der Waals surface area contributed by atoms with E-state index in [-0.39, 0.29) is 23.8 Å². The van der Waals surface area contributed by atoms with E-state index in [1.54, 1.807) is 30.5 Å².